The van der Waals surface area contributed by atoms with Crippen molar-refractivity contribution in [2.45, 2.75) is 37.3 Å². The molecule has 2 atom stereocenters. The van der Waals surface area contributed by atoms with E-state index in [0.29, 0.717) is 17.4 Å². The second kappa shape index (κ2) is 4.48. The molecule has 0 radical (unpaired) electrons. The zero-order valence-corrected chi connectivity index (χ0v) is 10.9. The Hall–Kier alpha value is -0.640. The Labute approximate surface area is 111 Å². The first-order valence-electron chi connectivity index (χ1n) is 6.43. The SMILES string of the molecule is NC1(Cc2ccc(F)cc2Cl)CCOC1C1CC1. The van der Waals surface area contributed by atoms with Gasteiger partial charge in [-0.3, -0.25) is 0 Å². The van der Waals surface area contributed by atoms with E-state index in [1.165, 1.54) is 25.0 Å². The van der Waals surface area contributed by atoms with Crippen LogP contribution in [0.3, 0.4) is 0 Å². The zero-order chi connectivity index (χ0) is 12.8. The largest absolute Gasteiger partial charge is 0.376 e. The molecule has 0 amide bonds. The Morgan fingerprint density at radius 2 is 2.22 bits per heavy atom. The minimum Gasteiger partial charge on any atom is -0.376 e. The molecule has 3 rings (SSSR count). The maximum atomic E-state index is 13.0. The van der Waals surface area contributed by atoms with Crippen molar-refractivity contribution in [2.75, 3.05) is 6.61 Å². The van der Waals surface area contributed by atoms with Crippen LogP contribution in [0.5, 0.6) is 0 Å². The Morgan fingerprint density at radius 1 is 1.44 bits per heavy atom. The smallest absolute Gasteiger partial charge is 0.124 e. The van der Waals surface area contributed by atoms with Gasteiger partial charge in [0.2, 0.25) is 0 Å². The summed E-state index contributed by atoms with van der Waals surface area (Å²) in [7, 11) is 0. The van der Waals surface area contributed by atoms with Gasteiger partial charge >= 0.3 is 0 Å². The maximum absolute atomic E-state index is 13.0. The summed E-state index contributed by atoms with van der Waals surface area (Å²) in [5.41, 5.74) is 7.07. The Bertz CT molecular complexity index is 463. The number of hydrogen-bond donors (Lipinski definition) is 1. The van der Waals surface area contributed by atoms with Gasteiger partial charge in [0.25, 0.3) is 0 Å². The van der Waals surface area contributed by atoms with Crippen molar-refractivity contribution >= 4 is 11.6 Å². The van der Waals surface area contributed by atoms with Crippen molar-refractivity contribution in [3.05, 3.63) is 34.6 Å². The van der Waals surface area contributed by atoms with Crippen LogP contribution in [0.1, 0.15) is 24.8 Å². The van der Waals surface area contributed by atoms with Gasteiger partial charge in [0.1, 0.15) is 5.82 Å². The van der Waals surface area contributed by atoms with E-state index in [1.54, 1.807) is 6.07 Å². The minimum atomic E-state index is -0.345. The van der Waals surface area contributed by atoms with Gasteiger partial charge < -0.3 is 10.5 Å². The van der Waals surface area contributed by atoms with E-state index >= 15 is 0 Å². The van der Waals surface area contributed by atoms with Crippen molar-refractivity contribution < 1.29 is 9.13 Å². The van der Waals surface area contributed by atoms with Crippen LogP contribution in [-0.4, -0.2) is 18.2 Å². The standard InChI is InChI=1S/C14H17ClFNO/c15-12-7-11(16)4-3-10(12)8-14(17)5-6-18-13(14)9-1-2-9/h3-4,7,9,13H,1-2,5-6,8,17H2. The highest BCUT2D eigenvalue weighted by Crippen LogP contribution is 2.43. The fourth-order valence-electron chi connectivity index (χ4n) is 2.90. The summed E-state index contributed by atoms with van der Waals surface area (Å²) in [6.07, 6.45) is 4.06. The summed E-state index contributed by atoms with van der Waals surface area (Å²) in [6.45, 7) is 0.719. The molecule has 18 heavy (non-hydrogen) atoms. The van der Waals surface area contributed by atoms with Crippen molar-refractivity contribution in [2.24, 2.45) is 11.7 Å². The maximum Gasteiger partial charge on any atom is 0.124 e. The molecule has 1 aliphatic heterocycles. The van der Waals surface area contributed by atoms with Crippen LogP contribution < -0.4 is 5.73 Å². The molecule has 1 aromatic rings. The van der Waals surface area contributed by atoms with Crippen LogP contribution in [0.25, 0.3) is 0 Å². The molecule has 1 heterocycles. The van der Waals surface area contributed by atoms with Gasteiger partial charge in [0.15, 0.2) is 0 Å². The van der Waals surface area contributed by atoms with Crippen LogP contribution >= 0.6 is 11.6 Å². The second-order valence-electron chi connectivity index (χ2n) is 5.52. The summed E-state index contributed by atoms with van der Waals surface area (Å²) in [5, 5.41) is 0.460. The van der Waals surface area contributed by atoms with Crippen LogP contribution in [-0.2, 0) is 11.2 Å². The molecule has 2 N–H and O–H groups in total. The molecule has 1 aliphatic carbocycles. The van der Waals surface area contributed by atoms with Crippen molar-refractivity contribution in [1.82, 2.24) is 0 Å². The fraction of sp³-hybridized carbons (Fsp3) is 0.571. The van der Waals surface area contributed by atoms with Crippen molar-refractivity contribution in [3.63, 3.8) is 0 Å². The van der Waals surface area contributed by atoms with Crippen LogP contribution in [0.4, 0.5) is 4.39 Å². The number of benzene rings is 1. The van der Waals surface area contributed by atoms with E-state index in [-0.39, 0.29) is 17.5 Å². The lowest BCUT2D eigenvalue weighted by molar-refractivity contribution is 0.0627. The molecule has 1 aromatic carbocycles. The summed E-state index contributed by atoms with van der Waals surface area (Å²) < 4.78 is 18.8. The molecular formula is C14H17ClFNO. The van der Waals surface area contributed by atoms with E-state index in [0.717, 1.165) is 18.6 Å². The molecule has 98 valence electrons. The third kappa shape index (κ3) is 2.27. The highest BCUT2D eigenvalue weighted by Gasteiger charge is 2.48. The van der Waals surface area contributed by atoms with E-state index < -0.39 is 0 Å². The number of hydrogen-bond acceptors (Lipinski definition) is 2. The predicted octanol–water partition coefficient (Wildman–Crippen LogP) is 2.92. The van der Waals surface area contributed by atoms with Crippen LogP contribution in [0, 0.1) is 11.7 Å². The first-order valence-corrected chi connectivity index (χ1v) is 6.81. The summed E-state index contributed by atoms with van der Waals surface area (Å²) in [4.78, 5) is 0. The Kier molecular flexibility index (Phi) is 3.08. The topological polar surface area (TPSA) is 35.2 Å². The monoisotopic (exact) mass is 269 g/mol. The van der Waals surface area contributed by atoms with E-state index in [2.05, 4.69) is 0 Å². The van der Waals surface area contributed by atoms with E-state index in [1.807, 2.05) is 0 Å². The molecule has 2 nitrogen and oxygen atoms in total. The van der Waals surface area contributed by atoms with Gasteiger partial charge in [-0.25, -0.2) is 4.39 Å². The van der Waals surface area contributed by atoms with Gasteiger partial charge in [-0.1, -0.05) is 17.7 Å². The summed E-state index contributed by atoms with van der Waals surface area (Å²) in [5.74, 6) is 0.299. The predicted molar refractivity (Wildman–Crippen MR) is 69.1 cm³/mol. The molecule has 0 aromatic heterocycles. The quantitative estimate of drug-likeness (QED) is 0.916. The zero-order valence-electron chi connectivity index (χ0n) is 10.2. The molecule has 2 fully saturated rings. The minimum absolute atomic E-state index is 0.138. The third-order valence-electron chi connectivity index (χ3n) is 4.02. The van der Waals surface area contributed by atoms with Crippen molar-refractivity contribution in [1.29, 1.82) is 0 Å². The van der Waals surface area contributed by atoms with Crippen LogP contribution in [0.2, 0.25) is 5.02 Å². The number of ether oxygens (including phenoxy) is 1. The Balaban J connectivity index is 1.81. The lowest BCUT2D eigenvalue weighted by atomic mass is 9.83. The fourth-order valence-corrected chi connectivity index (χ4v) is 3.13. The average molecular weight is 270 g/mol. The average Bonchev–Trinajstić information content (AvgIpc) is 3.07. The van der Waals surface area contributed by atoms with Crippen molar-refractivity contribution in [3.8, 4) is 0 Å². The Morgan fingerprint density at radius 3 is 2.89 bits per heavy atom. The normalized spacial score (nSPS) is 31.8. The molecule has 1 saturated carbocycles. The third-order valence-corrected chi connectivity index (χ3v) is 4.37. The molecule has 2 aliphatic rings. The number of rotatable bonds is 3. The first kappa shape index (κ1) is 12.4. The number of nitrogens with two attached hydrogens (primary N) is 1. The molecule has 1 saturated heterocycles. The lowest BCUT2D eigenvalue weighted by Crippen LogP contribution is -2.50. The van der Waals surface area contributed by atoms with Gasteiger partial charge in [-0.05, 0) is 49.3 Å². The van der Waals surface area contributed by atoms with Crippen LogP contribution in [0.15, 0.2) is 18.2 Å². The summed E-state index contributed by atoms with van der Waals surface area (Å²) in [6, 6.07) is 4.52. The first-order chi connectivity index (χ1) is 8.58. The number of halogens is 2. The molecule has 4 heteroatoms. The van der Waals surface area contributed by atoms with Gasteiger partial charge in [0.05, 0.1) is 6.10 Å². The highest BCUT2D eigenvalue weighted by atomic mass is 35.5. The van der Waals surface area contributed by atoms with E-state index in [9.17, 15) is 4.39 Å². The molecular weight excluding hydrogens is 253 g/mol. The second-order valence-corrected chi connectivity index (χ2v) is 5.93. The van der Waals surface area contributed by atoms with Gasteiger partial charge in [0, 0.05) is 17.2 Å². The summed E-state index contributed by atoms with van der Waals surface area (Å²) >= 11 is 6.08. The molecule has 2 unspecified atom stereocenters. The van der Waals surface area contributed by atoms with E-state index in [4.69, 9.17) is 22.1 Å². The highest BCUT2D eigenvalue weighted by molar-refractivity contribution is 6.31. The molecule has 0 spiro atoms. The lowest BCUT2D eigenvalue weighted by Gasteiger charge is -2.30. The van der Waals surface area contributed by atoms with Gasteiger partial charge in [-0.2, -0.15) is 0 Å². The van der Waals surface area contributed by atoms with Gasteiger partial charge in [-0.15, -0.1) is 0 Å². The molecule has 0 bridgehead atoms.